The van der Waals surface area contributed by atoms with E-state index in [1.165, 1.54) is 6.07 Å². The molecule has 37 heavy (non-hydrogen) atoms. The molecule has 0 atom stereocenters. The van der Waals surface area contributed by atoms with E-state index in [0.29, 0.717) is 35.9 Å². The molecule has 1 aliphatic heterocycles. The lowest BCUT2D eigenvalue weighted by Gasteiger charge is -2.29. The molecule has 0 amide bonds. The van der Waals surface area contributed by atoms with Crippen LogP contribution in [0.4, 0.5) is 38.0 Å². The number of piperazine rings is 1. The zero-order valence-electron chi connectivity index (χ0n) is 18.6. The topological polar surface area (TPSA) is 125 Å². The molecule has 9 nitrogen and oxygen atoms in total. The summed E-state index contributed by atoms with van der Waals surface area (Å²) in [6.45, 7) is 2.83. The fourth-order valence-electron chi connectivity index (χ4n) is 3.25. The largest absolute Gasteiger partial charge is 0.490 e. The lowest BCUT2D eigenvalue weighted by molar-refractivity contribution is -0.192. The summed E-state index contributed by atoms with van der Waals surface area (Å²) in [4.78, 5) is 19.2. The summed E-state index contributed by atoms with van der Waals surface area (Å²) < 4.78 is 98.5. The van der Waals surface area contributed by atoms with Crippen molar-refractivity contribution in [3.8, 4) is 0 Å². The van der Waals surface area contributed by atoms with Gasteiger partial charge in [-0.25, -0.2) is 18.2 Å². The second kappa shape index (κ2) is 10.8. The highest BCUT2D eigenvalue weighted by molar-refractivity contribution is 7.92. The molecule has 16 heteroatoms. The summed E-state index contributed by atoms with van der Waals surface area (Å²) >= 11 is 0. The molecule has 3 aromatic rings. The fourth-order valence-corrected chi connectivity index (χ4v) is 4.29. The second-order valence-electron chi connectivity index (χ2n) is 7.58. The van der Waals surface area contributed by atoms with Gasteiger partial charge in [-0.2, -0.15) is 26.3 Å². The molecule has 3 heterocycles. The summed E-state index contributed by atoms with van der Waals surface area (Å²) in [5.74, 6) is -2.22. The Hall–Kier alpha value is -3.66. The Kier molecular flexibility index (Phi) is 8.12. The Morgan fingerprint density at radius 2 is 1.68 bits per heavy atom. The number of aliphatic carboxylic acids is 1. The molecule has 0 spiro atoms. The Balaban J connectivity index is 0.000000479. The number of pyridine rings is 2. The van der Waals surface area contributed by atoms with Crippen molar-refractivity contribution in [2.45, 2.75) is 17.2 Å². The average molecular weight is 551 g/mol. The number of sulfonamides is 1. The zero-order valence-corrected chi connectivity index (χ0v) is 19.5. The first-order valence-corrected chi connectivity index (χ1v) is 11.9. The van der Waals surface area contributed by atoms with Gasteiger partial charge in [-0.15, -0.1) is 0 Å². The molecule has 0 radical (unpaired) electrons. The summed E-state index contributed by atoms with van der Waals surface area (Å²) in [5, 5.41) is 11.0. The molecule has 0 bridgehead atoms. The average Bonchev–Trinajstić information content (AvgIpc) is 2.83. The van der Waals surface area contributed by atoms with Gasteiger partial charge >= 0.3 is 18.3 Å². The predicted molar refractivity (Wildman–Crippen MR) is 121 cm³/mol. The third-order valence-corrected chi connectivity index (χ3v) is 6.29. The van der Waals surface area contributed by atoms with Crippen LogP contribution in [0.5, 0.6) is 0 Å². The van der Waals surface area contributed by atoms with Gasteiger partial charge < -0.3 is 15.3 Å². The van der Waals surface area contributed by atoms with Crippen LogP contribution in [0, 0.1) is 0 Å². The van der Waals surface area contributed by atoms with Crippen molar-refractivity contribution in [2.75, 3.05) is 35.8 Å². The number of rotatable bonds is 4. The van der Waals surface area contributed by atoms with Gasteiger partial charge in [-0.1, -0.05) is 12.1 Å². The van der Waals surface area contributed by atoms with Crippen LogP contribution in [-0.2, 0) is 21.0 Å². The van der Waals surface area contributed by atoms with E-state index in [0.717, 1.165) is 31.3 Å². The number of carboxylic acids is 1. The van der Waals surface area contributed by atoms with Crippen LogP contribution in [0.3, 0.4) is 0 Å². The van der Waals surface area contributed by atoms with E-state index in [9.17, 15) is 34.8 Å². The van der Waals surface area contributed by atoms with Gasteiger partial charge in [0.25, 0.3) is 10.0 Å². The van der Waals surface area contributed by atoms with E-state index >= 15 is 0 Å². The van der Waals surface area contributed by atoms with Crippen LogP contribution in [0.25, 0.3) is 10.9 Å². The highest BCUT2D eigenvalue weighted by Crippen LogP contribution is 2.31. The van der Waals surface area contributed by atoms with Gasteiger partial charge in [-0.3, -0.25) is 9.71 Å². The van der Waals surface area contributed by atoms with Gasteiger partial charge in [0.15, 0.2) is 5.82 Å². The number of hydrogen-bond acceptors (Lipinski definition) is 7. The van der Waals surface area contributed by atoms with E-state index < -0.39 is 38.8 Å². The van der Waals surface area contributed by atoms with Gasteiger partial charge in [0, 0.05) is 37.8 Å². The highest BCUT2D eigenvalue weighted by atomic mass is 32.2. The second-order valence-corrected chi connectivity index (χ2v) is 9.26. The van der Waals surface area contributed by atoms with Crippen molar-refractivity contribution in [1.29, 1.82) is 0 Å². The number of fused-ring (bicyclic) bond motifs is 1. The summed E-state index contributed by atoms with van der Waals surface area (Å²) in [6.07, 6.45) is -8.10. The zero-order chi connectivity index (χ0) is 27.4. The van der Waals surface area contributed by atoms with Crippen molar-refractivity contribution < 1.29 is 44.7 Å². The third kappa shape index (κ3) is 7.19. The molecule has 1 saturated heterocycles. The lowest BCUT2D eigenvalue weighted by atomic mass is 10.2. The minimum atomic E-state index is -5.08. The molecule has 0 saturated carbocycles. The quantitative estimate of drug-likeness (QED) is 0.421. The molecule has 4 rings (SSSR count). The maximum absolute atomic E-state index is 13.0. The Labute approximate surface area is 206 Å². The molecule has 1 fully saturated rings. The van der Waals surface area contributed by atoms with Crippen LogP contribution in [0.2, 0.25) is 0 Å². The number of alkyl halides is 6. The van der Waals surface area contributed by atoms with Crippen molar-refractivity contribution in [1.82, 2.24) is 15.3 Å². The van der Waals surface area contributed by atoms with Crippen molar-refractivity contribution >= 4 is 38.5 Å². The number of anilines is 2. The van der Waals surface area contributed by atoms with E-state index in [1.54, 1.807) is 18.3 Å². The summed E-state index contributed by atoms with van der Waals surface area (Å²) in [7, 11) is -4.28. The smallest absolute Gasteiger partial charge is 0.475 e. The minimum absolute atomic E-state index is 0.0152. The molecule has 0 unspecified atom stereocenters. The number of carbonyl (C=O) groups is 1. The van der Waals surface area contributed by atoms with Crippen molar-refractivity contribution in [3.63, 3.8) is 0 Å². The van der Waals surface area contributed by atoms with E-state index in [1.807, 2.05) is 4.90 Å². The van der Waals surface area contributed by atoms with E-state index in [2.05, 4.69) is 20.0 Å². The molecule has 3 N–H and O–H groups in total. The number of carboxylic acid groups (broad SMARTS) is 1. The normalized spacial score (nSPS) is 14.6. The van der Waals surface area contributed by atoms with E-state index in [-0.39, 0.29) is 5.82 Å². The predicted octanol–water partition coefficient (Wildman–Crippen LogP) is 3.49. The number of benzene rings is 1. The molecule has 1 aromatic carbocycles. The SMILES string of the molecule is O=C(O)C(F)(F)F.O=S(=O)(Nc1cc2cccnc2c(N2CCNCC2)n1)c1cccc(C(F)(F)F)c1. The lowest BCUT2D eigenvalue weighted by Crippen LogP contribution is -2.44. The Bertz CT molecular complexity index is 1380. The maximum Gasteiger partial charge on any atom is 0.490 e. The first-order chi connectivity index (χ1) is 17.2. The summed E-state index contributed by atoms with van der Waals surface area (Å²) in [6, 6.07) is 8.59. The molecule has 2 aromatic heterocycles. The van der Waals surface area contributed by atoms with Crippen molar-refractivity contribution in [2.24, 2.45) is 0 Å². The molecule has 1 aliphatic rings. The van der Waals surface area contributed by atoms with E-state index in [4.69, 9.17) is 9.90 Å². The number of aromatic nitrogens is 2. The highest BCUT2D eigenvalue weighted by Gasteiger charge is 2.38. The number of nitrogens with one attached hydrogen (secondary N) is 2. The van der Waals surface area contributed by atoms with Crippen LogP contribution >= 0.6 is 0 Å². The van der Waals surface area contributed by atoms with Crippen LogP contribution in [-0.4, -0.2) is 61.8 Å². The standard InChI is InChI=1S/C19H18F3N5O2S.C2HF3O2/c20-19(21,22)14-4-1-5-15(12-14)30(28,29)26-16-11-13-3-2-6-24-17(13)18(25-16)27-9-7-23-8-10-27;3-2(4,5)1(6)7/h1-6,11-12,23H,7-10H2,(H,25,26);(H,6,7). The number of hydrogen-bond donors (Lipinski definition) is 3. The van der Waals surface area contributed by atoms with Gasteiger partial charge in [0.2, 0.25) is 0 Å². The molecular weight excluding hydrogens is 532 g/mol. The van der Waals surface area contributed by atoms with Gasteiger partial charge in [0.05, 0.1) is 10.5 Å². The Morgan fingerprint density at radius 3 is 2.27 bits per heavy atom. The number of nitrogens with zero attached hydrogens (tertiary/aromatic N) is 3. The van der Waals surface area contributed by atoms with Crippen LogP contribution < -0.4 is 14.9 Å². The minimum Gasteiger partial charge on any atom is -0.475 e. The molecule has 200 valence electrons. The Morgan fingerprint density at radius 1 is 1.03 bits per heavy atom. The van der Waals surface area contributed by atoms with Crippen LogP contribution in [0.15, 0.2) is 53.6 Å². The fraction of sp³-hybridized carbons (Fsp3) is 0.286. The van der Waals surface area contributed by atoms with Gasteiger partial charge in [-0.05, 0) is 30.3 Å². The number of halogens is 6. The van der Waals surface area contributed by atoms with Crippen LogP contribution in [0.1, 0.15) is 5.56 Å². The first-order valence-electron chi connectivity index (χ1n) is 10.4. The molecular formula is C21H19F6N5O4S. The first kappa shape index (κ1) is 27.9. The monoisotopic (exact) mass is 551 g/mol. The summed E-state index contributed by atoms with van der Waals surface area (Å²) in [5.41, 5.74) is -0.413. The molecule has 0 aliphatic carbocycles. The van der Waals surface area contributed by atoms with Gasteiger partial charge in [0.1, 0.15) is 11.3 Å². The maximum atomic E-state index is 13.0. The third-order valence-electron chi connectivity index (χ3n) is 4.94. The van der Waals surface area contributed by atoms with Crippen molar-refractivity contribution in [3.05, 3.63) is 54.2 Å².